The molecule has 0 amide bonds. The van der Waals surface area contributed by atoms with E-state index in [4.69, 9.17) is 4.74 Å². The van der Waals surface area contributed by atoms with Crippen LogP contribution >= 0.6 is 0 Å². The second-order valence-corrected chi connectivity index (χ2v) is 6.47. The lowest BCUT2D eigenvalue weighted by molar-refractivity contribution is -0.0874. The number of aliphatic hydroxyl groups is 1. The molecule has 2 fully saturated rings. The lowest BCUT2D eigenvalue weighted by Gasteiger charge is -2.50. The average molecular weight is 275 g/mol. The number of piperidine rings is 2. The second kappa shape index (κ2) is 5.47. The molecule has 3 heteroatoms. The molecule has 110 valence electrons. The van der Waals surface area contributed by atoms with Crippen LogP contribution in [0.3, 0.4) is 0 Å². The molecule has 1 aromatic rings. The minimum absolute atomic E-state index is 0.533. The molecule has 2 bridgehead atoms. The molecule has 2 unspecified atom stereocenters. The number of benzene rings is 1. The fourth-order valence-corrected chi connectivity index (χ4v) is 3.96. The molecular formula is C17H25NO2. The van der Waals surface area contributed by atoms with Gasteiger partial charge in [-0.1, -0.05) is 30.7 Å². The Labute approximate surface area is 121 Å². The summed E-state index contributed by atoms with van der Waals surface area (Å²) in [4.78, 5) is 2.48. The number of fused-ring (bicyclic) bond motifs is 2. The van der Waals surface area contributed by atoms with E-state index in [2.05, 4.69) is 36.2 Å². The van der Waals surface area contributed by atoms with E-state index in [1.165, 1.54) is 19.3 Å². The lowest BCUT2D eigenvalue weighted by Crippen LogP contribution is -2.55. The summed E-state index contributed by atoms with van der Waals surface area (Å²) in [7, 11) is 3.93. The third-order valence-corrected chi connectivity index (χ3v) is 5.18. The summed E-state index contributed by atoms with van der Waals surface area (Å²) in [5.41, 5.74) is 1.59. The zero-order chi connectivity index (χ0) is 14.2. The molecule has 1 aromatic carbocycles. The number of ether oxygens (including phenoxy) is 1. The van der Waals surface area contributed by atoms with Gasteiger partial charge in [0.2, 0.25) is 0 Å². The molecule has 2 aliphatic heterocycles. The van der Waals surface area contributed by atoms with Crippen molar-refractivity contribution in [3.63, 3.8) is 0 Å². The quantitative estimate of drug-likeness (QED) is 0.920. The summed E-state index contributed by atoms with van der Waals surface area (Å²) in [5.74, 6) is 0. The molecule has 0 radical (unpaired) electrons. The van der Waals surface area contributed by atoms with Crippen LogP contribution in [0.1, 0.15) is 43.2 Å². The molecule has 1 N–H and O–H groups in total. The largest absolute Gasteiger partial charge is 0.385 e. The Hall–Kier alpha value is -0.900. The molecule has 2 heterocycles. The number of hydrogen-bond acceptors (Lipinski definition) is 3. The van der Waals surface area contributed by atoms with Crippen LogP contribution in [0, 0.1) is 0 Å². The van der Waals surface area contributed by atoms with Crippen molar-refractivity contribution in [3.8, 4) is 0 Å². The van der Waals surface area contributed by atoms with Gasteiger partial charge in [0.25, 0.3) is 0 Å². The Morgan fingerprint density at radius 3 is 2.35 bits per heavy atom. The van der Waals surface area contributed by atoms with Crippen molar-refractivity contribution >= 4 is 0 Å². The van der Waals surface area contributed by atoms with Crippen molar-refractivity contribution in [3.05, 3.63) is 35.4 Å². The third-order valence-electron chi connectivity index (χ3n) is 5.18. The maximum Gasteiger partial charge on any atom is 0.0926 e. The van der Waals surface area contributed by atoms with E-state index in [1.807, 2.05) is 0 Å². The van der Waals surface area contributed by atoms with Crippen LogP contribution in [0.4, 0.5) is 0 Å². The van der Waals surface area contributed by atoms with Gasteiger partial charge < -0.3 is 14.7 Å². The zero-order valence-corrected chi connectivity index (χ0v) is 12.5. The fraction of sp³-hybridized carbons (Fsp3) is 0.647. The number of methoxy groups -OCH3 is 1. The Morgan fingerprint density at radius 1 is 1.20 bits per heavy atom. The number of nitrogens with zero attached hydrogens (tertiary/aromatic N) is 1. The molecule has 0 aliphatic carbocycles. The molecule has 0 aromatic heterocycles. The Kier molecular flexibility index (Phi) is 3.85. The zero-order valence-electron chi connectivity index (χ0n) is 12.5. The van der Waals surface area contributed by atoms with Crippen molar-refractivity contribution < 1.29 is 9.84 Å². The van der Waals surface area contributed by atoms with Gasteiger partial charge in [-0.3, -0.25) is 0 Å². The first-order chi connectivity index (χ1) is 9.62. The van der Waals surface area contributed by atoms with Gasteiger partial charge in [0.05, 0.1) is 12.2 Å². The van der Waals surface area contributed by atoms with Crippen molar-refractivity contribution in [2.45, 2.75) is 56.4 Å². The van der Waals surface area contributed by atoms with Crippen molar-refractivity contribution in [2.24, 2.45) is 0 Å². The van der Waals surface area contributed by atoms with Gasteiger partial charge >= 0.3 is 0 Å². The van der Waals surface area contributed by atoms with Gasteiger partial charge in [0, 0.05) is 19.2 Å². The van der Waals surface area contributed by atoms with Gasteiger partial charge in [-0.25, -0.2) is 0 Å². The topological polar surface area (TPSA) is 32.7 Å². The monoisotopic (exact) mass is 275 g/mol. The maximum absolute atomic E-state index is 11.1. The van der Waals surface area contributed by atoms with Crippen LogP contribution in [0.5, 0.6) is 0 Å². The van der Waals surface area contributed by atoms with Gasteiger partial charge in [-0.05, 0) is 43.9 Å². The van der Waals surface area contributed by atoms with Crippen molar-refractivity contribution in [2.75, 3.05) is 14.2 Å². The van der Waals surface area contributed by atoms with Gasteiger partial charge in [0.1, 0.15) is 0 Å². The van der Waals surface area contributed by atoms with Gasteiger partial charge in [-0.2, -0.15) is 0 Å². The molecule has 3 nitrogen and oxygen atoms in total. The second-order valence-electron chi connectivity index (χ2n) is 6.47. The fourth-order valence-electron chi connectivity index (χ4n) is 3.96. The standard InChI is InChI=1S/C17H25NO2/c1-18-15-4-3-5-16(18)11-17(19,10-15)14-8-6-13(7-9-14)12-20-2/h6-9,15-16,19H,3-5,10-12H2,1-2H3. The van der Waals surface area contributed by atoms with Crippen LogP contribution in [0.2, 0.25) is 0 Å². The summed E-state index contributed by atoms with van der Waals surface area (Å²) in [5, 5.41) is 11.1. The highest BCUT2D eigenvalue weighted by atomic mass is 16.5. The maximum atomic E-state index is 11.1. The molecule has 20 heavy (non-hydrogen) atoms. The third kappa shape index (κ3) is 2.50. The van der Waals surface area contributed by atoms with Gasteiger partial charge in [-0.15, -0.1) is 0 Å². The van der Waals surface area contributed by atoms with Crippen LogP contribution in [0.25, 0.3) is 0 Å². The summed E-state index contributed by atoms with van der Waals surface area (Å²) < 4.78 is 5.14. The first kappa shape index (κ1) is 14.1. The highest BCUT2D eigenvalue weighted by Gasteiger charge is 2.44. The highest BCUT2D eigenvalue weighted by molar-refractivity contribution is 5.28. The average Bonchev–Trinajstić information content (AvgIpc) is 2.42. The van der Waals surface area contributed by atoms with E-state index >= 15 is 0 Å². The molecule has 0 saturated carbocycles. The smallest absolute Gasteiger partial charge is 0.0926 e. The van der Waals surface area contributed by atoms with Gasteiger partial charge in [0.15, 0.2) is 0 Å². The Morgan fingerprint density at radius 2 is 1.80 bits per heavy atom. The van der Waals surface area contributed by atoms with E-state index < -0.39 is 5.60 Å². The van der Waals surface area contributed by atoms with Crippen LogP contribution in [0.15, 0.2) is 24.3 Å². The normalized spacial score (nSPS) is 34.1. The number of hydrogen-bond donors (Lipinski definition) is 1. The van der Waals surface area contributed by atoms with Crippen LogP contribution in [-0.2, 0) is 16.9 Å². The van der Waals surface area contributed by atoms with Crippen LogP contribution in [-0.4, -0.2) is 36.2 Å². The Bertz CT molecular complexity index is 443. The molecule has 2 aliphatic rings. The molecular weight excluding hydrogens is 250 g/mol. The van der Waals surface area contributed by atoms with Crippen molar-refractivity contribution in [1.29, 1.82) is 0 Å². The highest BCUT2D eigenvalue weighted by Crippen LogP contribution is 2.43. The predicted octanol–water partition coefficient (Wildman–Crippen LogP) is 2.67. The summed E-state index contributed by atoms with van der Waals surface area (Å²) >= 11 is 0. The molecule has 3 rings (SSSR count). The minimum Gasteiger partial charge on any atom is -0.385 e. The van der Waals surface area contributed by atoms with E-state index in [0.29, 0.717) is 18.7 Å². The van der Waals surface area contributed by atoms with E-state index in [1.54, 1.807) is 7.11 Å². The Balaban J connectivity index is 1.81. The molecule has 0 spiro atoms. The van der Waals surface area contributed by atoms with E-state index in [9.17, 15) is 5.11 Å². The molecule has 2 saturated heterocycles. The van der Waals surface area contributed by atoms with Crippen LogP contribution < -0.4 is 0 Å². The first-order valence-electron chi connectivity index (χ1n) is 7.65. The number of rotatable bonds is 3. The van der Waals surface area contributed by atoms with Crippen molar-refractivity contribution in [1.82, 2.24) is 4.90 Å². The lowest BCUT2D eigenvalue weighted by atomic mass is 9.73. The summed E-state index contributed by atoms with van der Waals surface area (Å²) in [6.45, 7) is 0.632. The predicted molar refractivity (Wildman–Crippen MR) is 79.5 cm³/mol. The first-order valence-corrected chi connectivity index (χ1v) is 7.65. The van der Waals surface area contributed by atoms with E-state index in [0.717, 1.165) is 24.0 Å². The summed E-state index contributed by atoms with van der Waals surface area (Å²) in [6, 6.07) is 9.37. The SMILES string of the molecule is COCc1ccc(C2(O)CC3CCCC(C2)N3C)cc1. The van der Waals surface area contributed by atoms with E-state index in [-0.39, 0.29) is 0 Å². The molecule has 2 atom stereocenters. The minimum atomic E-state index is -0.645. The summed E-state index contributed by atoms with van der Waals surface area (Å²) in [6.07, 6.45) is 5.48.